The smallest absolute Gasteiger partial charge is 0.401 e. The second-order valence-electron chi connectivity index (χ2n) is 4.75. The molecule has 0 aliphatic heterocycles. The molecular weight excluding hydrogens is 271 g/mol. The summed E-state index contributed by atoms with van der Waals surface area (Å²) in [5.41, 5.74) is 1.70. The molecule has 0 heterocycles. The van der Waals surface area contributed by atoms with Gasteiger partial charge in [-0.2, -0.15) is 13.2 Å². The predicted molar refractivity (Wildman–Crippen MR) is 69.5 cm³/mol. The minimum absolute atomic E-state index is 0.409. The summed E-state index contributed by atoms with van der Waals surface area (Å²) in [5, 5.41) is 8.81. The Bertz CT molecular complexity index is 443. The van der Waals surface area contributed by atoms with E-state index in [0.29, 0.717) is 12.0 Å². The van der Waals surface area contributed by atoms with Crippen molar-refractivity contribution < 1.29 is 23.1 Å². The van der Waals surface area contributed by atoms with E-state index in [1.165, 1.54) is 0 Å². The highest BCUT2D eigenvalue weighted by Gasteiger charge is 2.34. The van der Waals surface area contributed by atoms with Gasteiger partial charge in [-0.25, -0.2) is 0 Å². The predicted octanol–water partition coefficient (Wildman–Crippen LogP) is 3.40. The molecule has 3 nitrogen and oxygen atoms in total. The average molecular weight is 289 g/mol. The van der Waals surface area contributed by atoms with Crippen LogP contribution in [0.15, 0.2) is 24.3 Å². The van der Waals surface area contributed by atoms with Gasteiger partial charge in [0, 0.05) is 6.04 Å². The first-order valence-corrected chi connectivity index (χ1v) is 6.32. The van der Waals surface area contributed by atoms with Gasteiger partial charge in [-0.3, -0.25) is 9.69 Å². The van der Waals surface area contributed by atoms with E-state index in [1.54, 1.807) is 19.1 Å². The van der Waals surface area contributed by atoms with Crippen LogP contribution in [-0.4, -0.2) is 35.2 Å². The van der Waals surface area contributed by atoms with Crippen molar-refractivity contribution in [2.75, 3.05) is 13.1 Å². The molecule has 0 fully saturated rings. The molecule has 0 saturated heterocycles. The number of carboxylic acid groups (broad SMARTS) is 1. The third kappa shape index (κ3) is 5.21. The van der Waals surface area contributed by atoms with E-state index in [0.717, 1.165) is 10.5 Å². The molecule has 6 heteroatoms. The number of benzene rings is 1. The van der Waals surface area contributed by atoms with Crippen LogP contribution < -0.4 is 0 Å². The molecule has 0 aliphatic carbocycles. The normalized spacial score (nSPS) is 13.5. The van der Waals surface area contributed by atoms with E-state index in [-0.39, 0.29) is 0 Å². The molecule has 20 heavy (non-hydrogen) atoms. The van der Waals surface area contributed by atoms with Gasteiger partial charge in [0.2, 0.25) is 0 Å². The van der Waals surface area contributed by atoms with Crippen molar-refractivity contribution in [1.82, 2.24) is 4.90 Å². The lowest BCUT2D eigenvalue weighted by molar-refractivity contribution is -0.158. The summed E-state index contributed by atoms with van der Waals surface area (Å²) in [6.07, 6.45) is -4.01. The summed E-state index contributed by atoms with van der Waals surface area (Å²) in [6, 6.07) is 6.55. The molecule has 0 amide bonds. The van der Waals surface area contributed by atoms with Crippen LogP contribution in [0.5, 0.6) is 0 Å². The third-order valence-corrected chi connectivity index (χ3v) is 3.01. The third-order valence-electron chi connectivity index (χ3n) is 3.01. The Morgan fingerprint density at radius 2 is 1.85 bits per heavy atom. The van der Waals surface area contributed by atoms with Gasteiger partial charge in [-0.15, -0.1) is 0 Å². The minimum Gasteiger partial charge on any atom is -0.480 e. The molecule has 1 rings (SSSR count). The molecule has 0 aliphatic rings. The lowest BCUT2D eigenvalue weighted by atomic mass is 10.0. The summed E-state index contributed by atoms with van der Waals surface area (Å²) < 4.78 is 37.8. The molecule has 0 spiro atoms. The van der Waals surface area contributed by atoms with Crippen molar-refractivity contribution in [1.29, 1.82) is 0 Å². The second-order valence-corrected chi connectivity index (χ2v) is 4.75. The fourth-order valence-electron chi connectivity index (χ4n) is 2.17. The zero-order valence-corrected chi connectivity index (χ0v) is 11.4. The lowest BCUT2D eigenvalue weighted by Crippen LogP contribution is -2.40. The Labute approximate surface area is 116 Å². The summed E-state index contributed by atoms with van der Waals surface area (Å²) in [5.74, 6) is -1.26. The molecule has 1 N–H and O–H groups in total. The van der Waals surface area contributed by atoms with Gasteiger partial charge in [0.05, 0.1) is 13.1 Å². The molecule has 112 valence electrons. The first-order chi connectivity index (χ1) is 9.23. The summed E-state index contributed by atoms with van der Waals surface area (Å²) in [7, 11) is 0. The Balaban J connectivity index is 3.00. The van der Waals surface area contributed by atoms with Gasteiger partial charge in [-0.1, -0.05) is 36.8 Å². The maximum Gasteiger partial charge on any atom is 0.401 e. The first kappa shape index (κ1) is 16.5. The number of rotatable bonds is 6. The Morgan fingerprint density at radius 1 is 1.30 bits per heavy atom. The van der Waals surface area contributed by atoms with E-state index in [2.05, 4.69) is 0 Å². The molecule has 0 radical (unpaired) electrons. The molecule has 1 unspecified atom stereocenters. The van der Waals surface area contributed by atoms with E-state index >= 15 is 0 Å². The molecule has 1 atom stereocenters. The molecule has 0 saturated carbocycles. The summed E-state index contributed by atoms with van der Waals surface area (Å²) >= 11 is 0. The lowest BCUT2D eigenvalue weighted by Gasteiger charge is -2.30. The number of halogens is 3. The number of aliphatic carboxylic acids is 1. The van der Waals surface area contributed by atoms with Crippen molar-refractivity contribution in [2.45, 2.75) is 32.5 Å². The van der Waals surface area contributed by atoms with Crippen LogP contribution in [0.1, 0.15) is 30.5 Å². The van der Waals surface area contributed by atoms with Crippen LogP contribution in [0.3, 0.4) is 0 Å². The van der Waals surface area contributed by atoms with Gasteiger partial charge in [0.15, 0.2) is 0 Å². The van der Waals surface area contributed by atoms with Gasteiger partial charge in [0.25, 0.3) is 0 Å². The van der Waals surface area contributed by atoms with Gasteiger partial charge in [-0.05, 0) is 18.9 Å². The highest BCUT2D eigenvalue weighted by atomic mass is 19.4. The highest BCUT2D eigenvalue weighted by molar-refractivity contribution is 5.69. The number of nitrogens with zero attached hydrogens (tertiary/aromatic N) is 1. The largest absolute Gasteiger partial charge is 0.480 e. The van der Waals surface area contributed by atoms with Crippen molar-refractivity contribution in [3.63, 3.8) is 0 Å². The second kappa shape index (κ2) is 6.74. The van der Waals surface area contributed by atoms with Crippen LogP contribution in [-0.2, 0) is 4.79 Å². The molecule has 0 bridgehead atoms. The Hall–Kier alpha value is -1.56. The van der Waals surface area contributed by atoms with E-state index in [4.69, 9.17) is 5.11 Å². The van der Waals surface area contributed by atoms with Crippen LogP contribution in [0, 0.1) is 6.92 Å². The Morgan fingerprint density at radius 3 is 2.25 bits per heavy atom. The summed E-state index contributed by atoms with van der Waals surface area (Å²) in [4.78, 5) is 11.7. The van der Waals surface area contributed by atoms with Crippen LogP contribution in [0.2, 0.25) is 0 Å². The topological polar surface area (TPSA) is 40.5 Å². The highest BCUT2D eigenvalue weighted by Crippen LogP contribution is 2.28. The number of hydrogen-bond donors (Lipinski definition) is 1. The fourth-order valence-corrected chi connectivity index (χ4v) is 2.17. The van der Waals surface area contributed by atoms with Crippen molar-refractivity contribution in [3.05, 3.63) is 35.4 Å². The molecular formula is C14H18F3NO2. The molecule has 0 aromatic heterocycles. The monoisotopic (exact) mass is 289 g/mol. The molecule has 1 aromatic carbocycles. The number of hydrogen-bond acceptors (Lipinski definition) is 2. The zero-order chi connectivity index (χ0) is 15.3. The zero-order valence-electron chi connectivity index (χ0n) is 11.4. The van der Waals surface area contributed by atoms with Crippen molar-refractivity contribution in [2.24, 2.45) is 0 Å². The number of carboxylic acids is 1. The Kier molecular flexibility index (Phi) is 5.56. The van der Waals surface area contributed by atoms with E-state index in [9.17, 15) is 18.0 Å². The molecule has 1 aromatic rings. The van der Waals surface area contributed by atoms with Crippen molar-refractivity contribution >= 4 is 5.97 Å². The quantitative estimate of drug-likeness (QED) is 0.872. The van der Waals surface area contributed by atoms with Crippen LogP contribution >= 0.6 is 0 Å². The minimum atomic E-state index is -4.42. The van der Waals surface area contributed by atoms with Crippen molar-refractivity contribution in [3.8, 4) is 0 Å². The maximum absolute atomic E-state index is 12.6. The van der Waals surface area contributed by atoms with Crippen LogP contribution in [0.25, 0.3) is 0 Å². The fraction of sp³-hybridized carbons (Fsp3) is 0.500. The first-order valence-electron chi connectivity index (χ1n) is 6.32. The van der Waals surface area contributed by atoms with E-state index < -0.39 is 31.3 Å². The number of aryl methyl sites for hydroxylation is 1. The number of alkyl halides is 3. The van der Waals surface area contributed by atoms with Gasteiger partial charge >= 0.3 is 12.1 Å². The number of carbonyl (C=O) groups is 1. The van der Waals surface area contributed by atoms with E-state index in [1.807, 2.05) is 19.1 Å². The average Bonchev–Trinajstić information content (AvgIpc) is 2.29. The van der Waals surface area contributed by atoms with Gasteiger partial charge in [0.1, 0.15) is 0 Å². The summed E-state index contributed by atoms with van der Waals surface area (Å²) in [6.45, 7) is 1.77. The maximum atomic E-state index is 12.6. The standard InChI is InChI=1S/C14H18F3NO2/c1-3-12(11-6-4-10(2)5-7-11)18(8-13(19)20)9-14(15,16)17/h4-7,12H,3,8-9H2,1-2H3,(H,19,20). The SMILES string of the molecule is CCC(c1ccc(C)cc1)N(CC(=O)O)CC(F)(F)F. The van der Waals surface area contributed by atoms with Crippen LogP contribution in [0.4, 0.5) is 13.2 Å². The van der Waals surface area contributed by atoms with Gasteiger partial charge < -0.3 is 5.11 Å².